The molecular formula is C15H31NO. The molecule has 0 bridgehead atoms. The van der Waals surface area contributed by atoms with Crippen molar-refractivity contribution in [3.8, 4) is 0 Å². The summed E-state index contributed by atoms with van der Waals surface area (Å²) in [4.78, 5) is 2.44. The lowest BCUT2D eigenvalue weighted by atomic mass is 9.71. The highest BCUT2D eigenvalue weighted by Crippen LogP contribution is 2.40. The summed E-state index contributed by atoms with van der Waals surface area (Å²) in [5.74, 6) is 0. The van der Waals surface area contributed by atoms with Crippen LogP contribution in [0.25, 0.3) is 0 Å². The van der Waals surface area contributed by atoms with E-state index in [1.165, 1.54) is 12.8 Å². The Kier molecular flexibility index (Phi) is 5.46. The third kappa shape index (κ3) is 4.97. The summed E-state index contributed by atoms with van der Waals surface area (Å²) >= 11 is 0. The Morgan fingerprint density at radius 2 is 1.41 bits per heavy atom. The van der Waals surface area contributed by atoms with E-state index in [1.807, 2.05) is 0 Å². The highest BCUT2D eigenvalue weighted by atomic mass is 16.3. The smallest absolute Gasteiger partial charge is 0.0774 e. The normalized spacial score (nSPS) is 22.9. The Bertz CT molecular complexity index is 209. The zero-order valence-electron chi connectivity index (χ0n) is 12.3. The van der Waals surface area contributed by atoms with Crippen molar-refractivity contribution in [2.24, 2.45) is 5.41 Å². The van der Waals surface area contributed by atoms with Crippen LogP contribution in [0.4, 0.5) is 0 Å². The monoisotopic (exact) mass is 241 g/mol. The van der Waals surface area contributed by atoms with Gasteiger partial charge in [0.05, 0.1) is 5.60 Å². The van der Waals surface area contributed by atoms with Crippen molar-refractivity contribution < 1.29 is 5.11 Å². The molecule has 1 rings (SSSR count). The van der Waals surface area contributed by atoms with Crippen LogP contribution >= 0.6 is 0 Å². The van der Waals surface area contributed by atoms with E-state index in [-0.39, 0.29) is 0 Å². The van der Waals surface area contributed by atoms with Crippen LogP contribution in [0.5, 0.6) is 0 Å². The molecule has 0 aromatic heterocycles. The molecule has 102 valence electrons. The van der Waals surface area contributed by atoms with Gasteiger partial charge >= 0.3 is 0 Å². The van der Waals surface area contributed by atoms with Gasteiger partial charge in [0.2, 0.25) is 0 Å². The number of aliphatic hydroxyl groups is 1. The zero-order valence-corrected chi connectivity index (χ0v) is 12.3. The lowest BCUT2D eigenvalue weighted by molar-refractivity contribution is -0.0495. The Labute approximate surface area is 107 Å². The molecule has 0 amide bonds. The summed E-state index contributed by atoms with van der Waals surface area (Å²) in [5.41, 5.74) is 0.0203. The van der Waals surface area contributed by atoms with E-state index in [1.54, 1.807) is 0 Å². The van der Waals surface area contributed by atoms with Gasteiger partial charge in [-0.05, 0) is 57.0 Å². The van der Waals surface area contributed by atoms with Crippen molar-refractivity contribution in [1.82, 2.24) is 4.90 Å². The maximum atomic E-state index is 10.7. The fourth-order valence-corrected chi connectivity index (χ4v) is 2.87. The van der Waals surface area contributed by atoms with E-state index in [0.29, 0.717) is 5.41 Å². The average Bonchev–Trinajstić information content (AvgIpc) is 2.24. The lowest BCUT2D eigenvalue weighted by Gasteiger charge is -2.42. The number of rotatable bonds is 6. The second-order valence-electron chi connectivity index (χ2n) is 6.66. The molecule has 1 aliphatic rings. The van der Waals surface area contributed by atoms with Crippen LogP contribution in [0.3, 0.4) is 0 Å². The van der Waals surface area contributed by atoms with Crippen molar-refractivity contribution in [3.05, 3.63) is 0 Å². The van der Waals surface area contributed by atoms with Crippen LogP contribution in [0, 0.1) is 5.41 Å². The number of hydrogen-bond acceptors (Lipinski definition) is 2. The highest BCUT2D eigenvalue weighted by Gasteiger charge is 2.37. The SMILES string of the molecule is CCCN(CCC)CC1(O)CCC(C)(C)CC1. The second kappa shape index (κ2) is 6.19. The maximum absolute atomic E-state index is 10.7. The zero-order chi connectivity index (χ0) is 12.9. The molecule has 1 aliphatic carbocycles. The van der Waals surface area contributed by atoms with Gasteiger partial charge in [0.1, 0.15) is 0 Å². The molecule has 1 N–H and O–H groups in total. The van der Waals surface area contributed by atoms with Crippen LogP contribution in [-0.2, 0) is 0 Å². The second-order valence-corrected chi connectivity index (χ2v) is 6.66. The van der Waals surface area contributed by atoms with Crippen LogP contribution in [0.15, 0.2) is 0 Å². The molecule has 2 nitrogen and oxygen atoms in total. The summed E-state index contributed by atoms with van der Waals surface area (Å²) < 4.78 is 0. The van der Waals surface area contributed by atoms with Gasteiger partial charge in [-0.15, -0.1) is 0 Å². The van der Waals surface area contributed by atoms with Gasteiger partial charge in [-0.2, -0.15) is 0 Å². The molecule has 0 spiro atoms. The number of nitrogens with zero attached hydrogens (tertiary/aromatic N) is 1. The molecule has 0 heterocycles. The Balaban J connectivity index is 2.48. The summed E-state index contributed by atoms with van der Waals surface area (Å²) in [7, 11) is 0. The molecule has 0 aliphatic heterocycles. The molecule has 0 saturated heterocycles. The minimum atomic E-state index is -0.417. The molecule has 0 aromatic rings. The first kappa shape index (κ1) is 15.0. The first-order chi connectivity index (χ1) is 7.91. The van der Waals surface area contributed by atoms with E-state index in [4.69, 9.17) is 0 Å². The van der Waals surface area contributed by atoms with Crippen molar-refractivity contribution in [2.75, 3.05) is 19.6 Å². The van der Waals surface area contributed by atoms with Crippen LogP contribution in [-0.4, -0.2) is 35.2 Å². The first-order valence-electron chi connectivity index (χ1n) is 7.35. The predicted octanol–water partition coefficient (Wildman–Crippen LogP) is 3.44. The largest absolute Gasteiger partial charge is 0.389 e. The van der Waals surface area contributed by atoms with Crippen LogP contribution in [0.1, 0.15) is 66.2 Å². The minimum Gasteiger partial charge on any atom is -0.389 e. The molecule has 1 fully saturated rings. The summed E-state index contributed by atoms with van der Waals surface area (Å²) in [5, 5.41) is 10.7. The molecule has 0 aromatic carbocycles. The van der Waals surface area contributed by atoms with Gasteiger partial charge in [0.25, 0.3) is 0 Å². The van der Waals surface area contributed by atoms with Gasteiger partial charge in [0.15, 0.2) is 0 Å². The van der Waals surface area contributed by atoms with Crippen molar-refractivity contribution in [3.63, 3.8) is 0 Å². The Morgan fingerprint density at radius 3 is 1.82 bits per heavy atom. The standard InChI is InChI=1S/C15H31NO/c1-5-11-16(12-6-2)13-15(17)9-7-14(3,4)8-10-15/h17H,5-13H2,1-4H3. The Morgan fingerprint density at radius 1 is 0.941 bits per heavy atom. The fraction of sp³-hybridized carbons (Fsp3) is 1.00. The van der Waals surface area contributed by atoms with Gasteiger partial charge in [-0.25, -0.2) is 0 Å². The minimum absolute atomic E-state index is 0.417. The van der Waals surface area contributed by atoms with Gasteiger partial charge in [-0.1, -0.05) is 27.7 Å². The number of hydrogen-bond donors (Lipinski definition) is 1. The van der Waals surface area contributed by atoms with Crippen molar-refractivity contribution in [2.45, 2.75) is 71.8 Å². The van der Waals surface area contributed by atoms with E-state index < -0.39 is 5.60 Å². The van der Waals surface area contributed by atoms with E-state index in [0.717, 1.165) is 45.3 Å². The third-order valence-electron chi connectivity index (χ3n) is 4.13. The van der Waals surface area contributed by atoms with Crippen molar-refractivity contribution >= 4 is 0 Å². The van der Waals surface area contributed by atoms with Crippen LogP contribution in [0.2, 0.25) is 0 Å². The first-order valence-corrected chi connectivity index (χ1v) is 7.35. The highest BCUT2D eigenvalue weighted by molar-refractivity contribution is 4.91. The molecule has 1 saturated carbocycles. The van der Waals surface area contributed by atoms with Crippen molar-refractivity contribution in [1.29, 1.82) is 0 Å². The average molecular weight is 241 g/mol. The molecule has 0 atom stereocenters. The third-order valence-corrected chi connectivity index (χ3v) is 4.13. The van der Waals surface area contributed by atoms with Gasteiger partial charge in [-0.3, -0.25) is 0 Å². The van der Waals surface area contributed by atoms with E-state index >= 15 is 0 Å². The molecule has 0 unspecified atom stereocenters. The molecular weight excluding hydrogens is 210 g/mol. The summed E-state index contributed by atoms with van der Waals surface area (Å²) in [6.45, 7) is 12.2. The molecule has 2 heteroatoms. The fourth-order valence-electron chi connectivity index (χ4n) is 2.87. The van der Waals surface area contributed by atoms with Crippen LogP contribution < -0.4 is 0 Å². The lowest BCUT2D eigenvalue weighted by Crippen LogP contribution is -2.47. The summed E-state index contributed by atoms with van der Waals surface area (Å²) in [6, 6.07) is 0. The quantitative estimate of drug-likeness (QED) is 0.770. The van der Waals surface area contributed by atoms with Gasteiger partial charge in [0, 0.05) is 6.54 Å². The van der Waals surface area contributed by atoms with E-state index in [9.17, 15) is 5.11 Å². The molecule has 17 heavy (non-hydrogen) atoms. The predicted molar refractivity (Wildman–Crippen MR) is 74.2 cm³/mol. The maximum Gasteiger partial charge on any atom is 0.0774 e. The topological polar surface area (TPSA) is 23.5 Å². The summed E-state index contributed by atoms with van der Waals surface area (Å²) in [6.07, 6.45) is 6.64. The van der Waals surface area contributed by atoms with Gasteiger partial charge < -0.3 is 10.0 Å². The van der Waals surface area contributed by atoms with E-state index in [2.05, 4.69) is 32.6 Å². The Hall–Kier alpha value is -0.0800. The molecule has 0 radical (unpaired) electrons.